The summed E-state index contributed by atoms with van der Waals surface area (Å²) in [6.45, 7) is 2.80. The highest BCUT2D eigenvalue weighted by atomic mass is 35.5. The van der Waals surface area contributed by atoms with E-state index in [1.54, 1.807) is 6.21 Å². The normalized spacial score (nSPS) is 11.7. The second kappa shape index (κ2) is 8.69. The van der Waals surface area contributed by atoms with Crippen LogP contribution in [0.3, 0.4) is 0 Å². The van der Waals surface area contributed by atoms with Crippen molar-refractivity contribution >= 4 is 46.1 Å². The van der Waals surface area contributed by atoms with Crippen LogP contribution in [0.1, 0.15) is 29.9 Å². The fourth-order valence-corrected chi connectivity index (χ4v) is 3.82. The van der Waals surface area contributed by atoms with Crippen LogP contribution >= 0.6 is 11.6 Å². The average Bonchev–Trinajstić information content (AvgIpc) is 3.28. The Morgan fingerprint density at radius 1 is 1.23 bits per heavy atom. The van der Waals surface area contributed by atoms with Gasteiger partial charge in [-0.25, -0.2) is 0 Å². The summed E-state index contributed by atoms with van der Waals surface area (Å²) >= 11 is 6.19. The van der Waals surface area contributed by atoms with Crippen molar-refractivity contribution in [3.8, 4) is 0 Å². The highest BCUT2D eigenvalue weighted by Crippen LogP contribution is 2.25. The van der Waals surface area contributed by atoms with Gasteiger partial charge in [-0.15, -0.1) is 10.2 Å². The van der Waals surface area contributed by atoms with Gasteiger partial charge in [-0.05, 0) is 42.8 Å². The molecule has 4 aromatic rings. The maximum Gasteiger partial charge on any atom is 0.219 e. The van der Waals surface area contributed by atoms with Gasteiger partial charge in [0.1, 0.15) is 5.82 Å². The third kappa shape index (κ3) is 4.34. The predicted octanol–water partition coefficient (Wildman–Crippen LogP) is 3.40. The lowest BCUT2D eigenvalue weighted by atomic mass is 10.2. The fraction of sp³-hybridized carbons (Fsp3) is 0.227. The summed E-state index contributed by atoms with van der Waals surface area (Å²) in [7, 11) is 0. The molecule has 8 nitrogen and oxygen atoms in total. The molecule has 0 unspecified atom stereocenters. The number of fused-ring (bicyclic) bond motifs is 3. The molecule has 0 aliphatic rings. The first-order chi connectivity index (χ1) is 14.9. The van der Waals surface area contributed by atoms with Crippen molar-refractivity contribution in [1.29, 1.82) is 5.41 Å². The summed E-state index contributed by atoms with van der Waals surface area (Å²) in [5, 5.41) is 17.7. The van der Waals surface area contributed by atoms with Gasteiger partial charge in [-0.1, -0.05) is 23.7 Å². The quantitative estimate of drug-likeness (QED) is 0.413. The van der Waals surface area contributed by atoms with Crippen molar-refractivity contribution in [3.63, 3.8) is 0 Å². The fourth-order valence-electron chi connectivity index (χ4n) is 3.61. The molecule has 0 spiro atoms. The number of primary amides is 1. The maximum absolute atomic E-state index is 10.9. The Hall–Kier alpha value is -3.52. The second-order valence-corrected chi connectivity index (χ2v) is 7.71. The number of aromatic nitrogens is 4. The topological polar surface area (TPSA) is 114 Å². The number of halogens is 1. The summed E-state index contributed by atoms with van der Waals surface area (Å²) in [6, 6.07) is 13.6. The number of aryl methyl sites for hydroxylation is 1. The van der Waals surface area contributed by atoms with E-state index >= 15 is 0 Å². The SMILES string of the molecule is Cc1nnc2ccc3c(cc(C(=N)CC=NCCC(N)=O)n3Cc3cccc(Cl)c3)n12. The third-order valence-electron chi connectivity index (χ3n) is 5.05. The molecule has 0 atom stereocenters. The Balaban J connectivity index is 1.75. The number of nitrogens with two attached hydrogens (primary N) is 1. The molecule has 1 aromatic carbocycles. The van der Waals surface area contributed by atoms with E-state index in [0.717, 1.165) is 33.8 Å². The molecule has 158 valence electrons. The van der Waals surface area contributed by atoms with Gasteiger partial charge in [0.25, 0.3) is 0 Å². The number of nitrogens with one attached hydrogen (secondary N) is 1. The number of hydrogen-bond donors (Lipinski definition) is 2. The summed E-state index contributed by atoms with van der Waals surface area (Å²) in [5.74, 6) is 0.397. The molecular formula is C22H22ClN7O. The number of carbonyl (C=O) groups is 1. The first-order valence-corrected chi connectivity index (χ1v) is 10.2. The lowest BCUT2D eigenvalue weighted by Crippen LogP contribution is -2.12. The van der Waals surface area contributed by atoms with Crippen LogP contribution < -0.4 is 5.73 Å². The minimum Gasteiger partial charge on any atom is -0.370 e. The minimum atomic E-state index is -0.387. The van der Waals surface area contributed by atoms with Crippen LogP contribution in [0.5, 0.6) is 0 Å². The molecule has 0 fully saturated rings. The van der Waals surface area contributed by atoms with Gasteiger partial charge in [0.05, 0.1) is 22.4 Å². The molecule has 0 aliphatic heterocycles. The first-order valence-electron chi connectivity index (χ1n) is 9.87. The third-order valence-corrected chi connectivity index (χ3v) is 5.28. The zero-order chi connectivity index (χ0) is 22.0. The molecule has 4 rings (SSSR count). The number of aliphatic imine (C=N–C) groups is 1. The number of nitrogens with zero attached hydrogens (tertiary/aromatic N) is 5. The monoisotopic (exact) mass is 435 g/mol. The van der Waals surface area contributed by atoms with Gasteiger partial charge in [0, 0.05) is 37.2 Å². The molecule has 0 radical (unpaired) electrons. The van der Waals surface area contributed by atoms with Crippen molar-refractivity contribution in [2.75, 3.05) is 6.54 Å². The molecule has 3 heterocycles. The van der Waals surface area contributed by atoms with Crippen LogP contribution in [0.15, 0.2) is 47.5 Å². The highest BCUT2D eigenvalue weighted by Gasteiger charge is 2.16. The zero-order valence-corrected chi connectivity index (χ0v) is 17.8. The largest absolute Gasteiger partial charge is 0.370 e. The molecule has 9 heteroatoms. The Morgan fingerprint density at radius 3 is 2.84 bits per heavy atom. The molecule has 0 saturated carbocycles. The molecule has 0 saturated heterocycles. The van der Waals surface area contributed by atoms with E-state index in [0.29, 0.717) is 30.2 Å². The van der Waals surface area contributed by atoms with Crippen LogP contribution in [0.25, 0.3) is 16.7 Å². The first kappa shape index (κ1) is 20.7. The number of pyridine rings is 1. The standard InChI is InChI=1S/C22H22ClN7O/c1-14-27-28-22-6-5-18-20(30(14)22)12-19(17(24)7-9-26-10-8-21(25)31)29(18)13-15-3-2-4-16(23)11-15/h2-6,9,11-12,24H,7-8,10,13H2,1H3,(H2,25,31). The van der Waals surface area contributed by atoms with E-state index in [-0.39, 0.29) is 12.3 Å². The minimum absolute atomic E-state index is 0.198. The van der Waals surface area contributed by atoms with E-state index in [2.05, 4.69) is 19.8 Å². The number of benzene rings is 1. The lowest BCUT2D eigenvalue weighted by Gasteiger charge is -2.11. The van der Waals surface area contributed by atoms with Gasteiger partial charge in [-0.2, -0.15) is 0 Å². The van der Waals surface area contributed by atoms with Crippen molar-refractivity contribution in [3.05, 3.63) is 64.6 Å². The van der Waals surface area contributed by atoms with Crippen LogP contribution in [-0.2, 0) is 11.3 Å². The van der Waals surface area contributed by atoms with Gasteiger partial charge < -0.3 is 15.7 Å². The maximum atomic E-state index is 10.9. The van der Waals surface area contributed by atoms with Gasteiger partial charge in [0.15, 0.2) is 5.65 Å². The van der Waals surface area contributed by atoms with Crippen LogP contribution in [0, 0.1) is 12.3 Å². The number of carbonyl (C=O) groups excluding carboxylic acids is 1. The Kier molecular flexibility index (Phi) is 5.81. The van der Waals surface area contributed by atoms with Gasteiger partial charge >= 0.3 is 0 Å². The number of rotatable bonds is 8. The van der Waals surface area contributed by atoms with E-state index < -0.39 is 0 Å². The average molecular weight is 436 g/mol. The Labute approximate surface area is 183 Å². The van der Waals surface area contributed by atoms with E-state index in [9.17, 15) is 4.79 Å². The van der Waals surface area contributed by atoms with Crippen LogP contribution in [-0.4, -0.2) is 43.5 Å². The smallest absolute Gasteiger partial charge is 0.219 e. The molecule has 1 amide bonds. The summed E-state index contributed by atoms with van der Waals surface area (Å²) < 4.78 is 4.08. The summed E-state index contributed by atoms with van der Waals surface area (Å²) in [6.07, 6.45) is 2.20. The Bertz CT molecular complexity index is 1320. The van der Waals surface area contributed by atoms with Gasteiger partial charge in [0.2, 0.25) is 5.91 Å². The highest BCUT2D eigenvalue weighted by molar-refractivity contribution is 6.30. The molecule has 3 aromatic heterocycles. The summed E-state index contributed by atoms with van der Waals surface area (Å²) in [5.41, 5.74) is 10.0. The van der Waals surface area contributed by atoms with E-state index in [1.807, 2.05) is 53.8 Å². The molecule has 0 aliphatic carbocycles. The predicted molar refractivity (Wildman–Crippen MR) is 122 cm³/mol. The number of amides is 1. The molecule has 31 heavy (non-hydrogen) atoms. The molecule has 0 bridgehead atoms. The van der Waals surface area contributed by atoms with Gasteiger partial charge in [-0.3, -0.25) is 14.2 Å². The zero-order valence-electron chi connectivity index (χ0n) is 17.0. The molecular weight excluding hydrogens is 414 g/mol. The van der Waals surface area contributed by atoms with Crippen molar-refractivity contribution in [2.45, 2.75) is 26.3 Å². The van der Waals surface area contributed by atoms with Crippen molar-refractivity contribution in [2.24, 2.45) is 10.7 Å². The van der Waals surface area contributed by atoms with E-state index in [1.165, 1.54) is 0 Å². The Morgan fingerprint density at radius 2 is 2.06 bits per heavy atom. The van der Waals surface area contributed by atoms with Crippen LogP contribution in [0.2, 0.25) is 5.02 Å². The second-order valence-electron chi connectivity index (χ2n) is 7.28. The van der Waals surface area contributed by atoms with Crippen molar-refractivity contribution < 1.29 is 4.79 Å². The number of hydrogen-bond acceptors (Lipinski definition) is 5. The molecule has 3 N–H and O–H groups in total. The lowest BCUT2D eigenvalue weighted by molar-refractivity contribution is -0.117. The summed E-state index contributed by atoms with van der Waals surface area (Å²) in [4.78, 5) is 15.0. The van der Waals surface area contributed by atoms with E-state index in [4.69, 9.17) is 22.7 Å². The van der Waals surface area contributed by atoms with Crippen LogP contribution in [0.4, 0.5) is 0 Å². The van der Waals surface area contributed by atoms with Crippen molar-refractivity contribution in [1.82, 2.24) is 19.2 Å².